The van der Waals surface area contributed by atoms with Crippen LogP contribution in [0.2, 0.25) is 0 Å². The highest BCUT2D eigenvalue weighted by Crippen LogP contribution is 2.16. The highest BCUT2D eigenvalue weighted by Gasteiger charge is 2.29. The van der Waals surface area contributed by atoms with Crippen LogP contribution in [-0.2, 0) is 0 Å². The molecule has 3 N–H and O–H groups in total. The zero-order valence-corrected chi connectivity index (χ0v) is 12.2. The number of aliphatic hydroxyl groups is 1. The Balaban J connectivity index is 2.44. The molecule has 0 amide bonds. The standard InChI is InChI=1S/C13H17F3N2O2S/c1-18(8-13(14,15)16)6-10(19)7-20-11-4-2-3-9(5-11)12(17)21/h2-5,10,19H,6-8H2,1H3,(H2,17,21). The van der Waals surface area contributed by atoms with Crippen LogP contribution in [0.5, 0.6) is 5.75 Å². The number of aliphatic hydroxyl groups excluding tert-OH is 1. The molecule has 1 rings (SSSR count). The minimum Gasteiger partial charge on any atom is -0.491 e. The van der Waals surface area contributed by atoms with Gasteiger partial charge in [0, 0.05) is 12.1 Å². The quantitative estimate of drug-likeness (QED) is 0.746. The summed E-state index contributed by atoms with van der Waals surface area (Å²) in [6.45, 7) is -1.35. The van der Waals surface area contributed by atoms with E-state index in [0.29, 0.717) is 11.3 Å². The van der Waals surface area contributed by atoms with Gasteiger partial charge in [-0.1, -0.05) is 24.4 Å². The first-order valence-corrected chi connectivity index (χ1v) is 6.54. The monoisotopic (exact) mass is 322 g/mol. The number of nitrogens with two attached hydrogens (primary N) is 1. The van der Waals surface area contributed by atoms with Crippen molar-refractivity contribution in [1.82, 2.24) is 4.90 Å². The number of hydrogen-bond donors (Lipinski definition) is 2. The molecular weight excluding hydrogens is 305 g/mol. The average Bonchev–Trinajstić information content (AvgIpc) is 2.34. The van der Waals surface area contributed by atoms with Gasteiger partial charge in [0.05, 0.1) is 6.54 Å². The van der Waals surface area contributed by atoms with Crippen molar-refractivity contribution in [2.45, 2.75) is 12.3 Å². The van der Waals surface area contributed by atoms with Gasteiger partial charge in [0.25, 0.3) is 0 Å². The molecule has 0 aliphatic rings. The van der Waals surface area contributed by atoms with Crippen molar-refractivity contribution in [3.63, 3.8) is 0 Å². The number of benzene rings is 1. The molecule has 0 saturated heterocycles. The van der Waals surface area contributed by atoms with Gasteiger partial charge in [-0.15, -0.1) is 0 Å². The van der Waals surface area contributed by atoms with Crippen molar-refractivity contribution in [2.24, 2.45) is 5.73 Å². The van der Waals surface area contributed by atoms with Gasteiger partial charge in [-0.05, 0) is 19.2 Å². The summed E-state index contributed by atoms with van der Waals surface area (Å²) >= 11 is 4.82. The van der Waals surface area contributed by atoms with Crippen molar-refractivity contribution in [2.75, 3.05) is 26.7 Å². The molecule has 1 unspecified atom stereocenters. The van der Waals surface area contributed by atoms with E-state index < -0.39 is 18.8 Å². The summed E-state index contributed by atoms with van der Waals surface area (Å²) in [5.74, 6) is 0.442. The van der Waals surface area contributed by atoms with Gasteiger partial charge in [0.15, 0.2) is 0 Å². The largest absolute Gasteiger partial charge is 0.491 e. The molecule has 4 nitrogen and oxygen atoms in total. The van der Waals surface area contributed by atoms with Crippen LogP contribution in [0, 0.1) is 0 Å². The minimum atomic E-state index is -4.29. The molecule has 1 atom stereocenters. The van der Waals surface area contributed by atoms with Gasteiger partial charge < -0.3 is 15.6 Å². The normalized spacial score (nSPS) is 13.2. The SMILES string of the molecule is CN(CC(O)COc1cccc(C(N)=S)c1)CC(F)(F)F. The minimum absolute atomic E-state index is 0.122. The van der Waals surface area contributed by atoms with Crippen LogP contribution < -0.4 is 10.5 Å². The maximum absolute atomic E-state index is 12.1. The molecule has 0 fully saturated rings. The van der Waals surface area contributed by atoms with E-state index in [1.54, 1.807) is 24.3 Å². The Kier molecular flexibility index (Phi) is 6.38. The second-order valence-electron chi connectivity index (χ2n) is 4.67. The number of hydrogen-bond acceptors (Lipinski definition) is 4. The van der Waals surface area contributed by atoms with Crippen molar-refractivity contribution in [3.05, 3.63) is 29.8 Å². The fraction of sp³-hybridized carbons (Fsp3) is 0.462. The first-order chi connectivity index (χ1) is 9.67. The molecular formula is C13H17F3N2O2S. The number of ether oxygens (including phenoxy) is 1. The summed E-state index contributed by atoms with van der Waals surface area (Å²) in [6.07, 6.45) is -5.33. The predicted octanol–water partition coefficient (Wildman–Crippen LogP) is 1.55. The number of halogens is 3. The first kappa shape index (κ1) is 17.7. The van der Waals surface area contributed by atoms with Gasteiger partial charge in [-0.2, -0.15) is 13.2 Å². The smallest absolute Gasteiger partial charge is 0.401 e. The van der Waals surface area contributed by atoms with Gasteiger partial charge in [-0.25, -0.2) is 0 Å². The third-order valence-electron chi connectivity index (χ3n) is 2.53. The Morgan fingerprint density at radius 2 is 2.14 bits per heavy atom. The van der Waals surface area contributed by atoms with E-state index >= 15 is 0 Å². The first-order valence-electron chi connectivity index (χ1n) is 6.13. The summed E-state index contributed by atoms with van der Waals surface area (Å²) in [7, 11) is 1.28. The number of nitrogens with zero attached hydrogens (tertiary/aromatic N) is 1. The van der Waals surface area contributed by atoms with Gasteiger partial charge in [-0.3, -0.25) is 4.90 Å². The summed E-state index contributed by atoms with van der Waals surface area (Å²) in [6, 6.07) is 6.65. The van der Waals surface area contributed by atoms with E-state index in [2.05, 4.69) is 0 Å². The van der Waals surface area contributed by atoms with E-state index in [0.717, 1.165) is 4.90 Å². The third kappa shape index (κ3) is 7.26. The molecule has 0 aromatic heterocycles. The lowest BCUT2D eigenvalue weighted by molar-refractivity contribution is -0.145. The molecule has 0 bridgehead atoms. The molecule has 0 heterocycles. The summed E-state index contributed by atoms with van der Waals surface area (Å²) in [4.78, 5) is 1.20. The van der Waals surface area contributed by atoms with Crippen LogP contribution in [0.25, 0.3) is 0 Å². The second kappa shape index (κ2) is 7.58. The molecule has 118 valence electrons. The Morgan fingerprint density at radius 1 is 1.48 bits per heavy atom. The molecule has 21 heavy (non-hydrogen) atoms. The Hall–Kier alpha value is -1.38. The molecule has 0 radical (unpaired) electrons. The fourth-order valence-corrected chi connectivity index (χ4v) is 1.84. The third-order valence-corrected chi connectivity index (χ3v) is 2.77. The zero-order valence-electron chi connectivity index (χ0n) is 11.4. The zero-order chi connectivity index (χ0) is 16.0. The van der Waals surface area contributed by atoms with Crippen molar-refractivity contribution in [1.29, 1.82) is 0 Å². The molecule has 0 spiro atoms. The van der Waals surface area contributed by atoms with E-state index in [9.17, 15) is 18.3 Å². The topological polar surface area (TPSA) is 58.7 Å². The summed E-state index contributed by atoms with van der Waals surface area (Å²) < 4.78 is 41.8. The van der Waals surface area contributed by atoms with Gasteiger partial charge >= 0.3 is 6.18 Å². The van der Waals surface area contributed by atoms with Gasteiger partial charge in [0.1, 0.15) is 23.4 Å². The molecule has 1 aromatic rings. The maximum atomic E-state index is 12.1. The van der Waals surface area contributed by atoms with Crippen LogP contribution in [0.4, 0.5) is 13.2 Å². The van der Waals surface area contributed by atoms with Crippen molar-refractivity contribution < 1.29 is 23.0 Å². The van der Waals surface area contributed by atoms with Crippen LogP contribution in [0.15, 0.2) is 24.3 Å². The maximum Gasteiger partial charge on any atom is 0.401 e. The lowest BCUT2D eigenvalue weighted by Crippen LogP contribution is -2.38. The van der Waals surface area contributed by atoms with Crippen molar-refractivity contribution >= 4 is 17.2 Å². The van der Waals surface area contributed by atoms with Crippen molar-refractivity contribution in [3.8, 4) is 5.75 Å². The second-order valence-corrected chi connectivity index (χ2v) is 5.11. The molecule has 0 aliphatic carbocycles. The van der Waals surface area contributed by atoms with Crippen LogP contribution in [0.1, 0.15) is 5.56 Å². The molecule has 0 saturated carbocycles. The number of alkyl halides is 3. The highest BCUT2D eigenvalue weighted by molar-refractivity contribution is 7.80. The summed E-state index contributed by atoms with van der Waals surface area (Å²) in [5.41, 5.74) is 6.09. The van der Waals surface area contributed by atoms with Crippen LogP contribution in [-0.4, -0.2) is 54.0 Å². The molecule has 8 heteroatoms. The van der Waals surface area contributed by atoms with E-state index in [4.69, 9.17) is 22.7 Å². The lowest BCUT2D eigenvalue weighted by Gasteiger charge is -2.21. The Morgan fingerprint density at radius 3 is 2.71 bits per heavy atom. The van der Waals surface area contributed by atoms with E-state index in [1.165, 1.54) is 7.05 Å². The number of likely N-dealkylation sites (N-methyl/N-ethyl adjacent to an activating group) is 1. The van der Waals surface area contributed by atoms with Crippen LogP contribution in [0.3, 0.4) is 0 Å². The summed E-state index contributed by atoms with van der Waals surface area (Å²) in [5, 5.41) is 9.67. The number of rotatable bonds is 7. The van der Waals surface area contributed by atoms with Gasteiger partial charge in [0.2, 0.25) is 0 Å². The average molecular weight is 322 g/mol. The van der Waals surface area contributed by atoms with E-state index in [1.807, 2.05) is 0 Å². The molecule has 1 aromatic carbocycles. The predicted molar refractivity (Wildman–Crippen MR) is 77.4 cm³/mol. The van der Waals surface area contributed by atoms with E-state index in [-0.39, 0.29) is 18.1 Å². The number of thiocarbonyl (C=S) groups is 1. The lowest BCUT2D eigenvalue weighted by atomic mass is 10.2. The Labute approximate surface area is 126 Å². The highest BCUT2D eigenvalue weighted by atomic mass is 32.1. The Bertz CT molecular complexity index is 483. The molecule has 0 aliphatic heterocycles. The van der Waals surface area contributed by atoms with Crippen LogP contribution >= 0.6 is 12.2 Å². The fourth-order valence-electron chi connectivity index (χ4n) is 1.71.